The molecule has 0 saturated carbocycles. The zero-order valence-electron chi connectivity index (χ0n) is 10.1. The second kappa shape index (κ2) is 5.89. The smallest absolute Gasteiger partial charge is 0.231 e. The van der Waals surface area contributed by atoms with Crippen molar-refractivity contribution in [1.82, 2.24) is 5.32 Å². The molecule has 1 aromatic carbocycles. The van der Waals surface area contributed by atoms with E-state index in [0.29, 0.717) is 6.42 Å². The first-order valence-electron chi connectivity index (χ1n) is 6.09. The molecular formula is C13H19NO3. The van der Waals surface area contributed by atoms with E-state index in [0.717, 1.165) is 36.6 Å². The van der Waals surface area contributed by atoms with Crippen molar-refractivity contribution in [3.05, 3.63) is 23.8 Å². The first-order chi connectivity index (χ1) is 8.31. The van der Waals surface area contributed by atoms with Gasteiger partial charge in [-0.3, -0.25) is 0 Å². The summed E-state index contributed by atoms with van der Waals surface area (Å²) in [5, 5.41) is 13.3. The SMILES string of the molecule is CCCNCCC(O)c1ccc2c(c1)OCO2. The quantitative estimate of drug-likeness (QED) is 0.741. The van der Waals surface area contributed by atoms with E-state index < -0.39 is 6.10 Å². The molecule has 94 valence electrons. The lowest BCUT2D eigenvalue weighted by Crippen LogP contribution is -2.18. The van der Waals surface area contributed by atoms with Crippen LogP contribution in [0, 0.1) is 0 Å². The van der Waals surface area contributed by atoms with Crippen molar-refractivity contribution >= 4 is 0 Å². The van der Waals surface area contributed by atoms with E-state index >= 15 is 0 Å². The third kappa shape index (κ3) is 3.11. The molecule has 1 aliphatic heterocycles. The Morgan fingerprint density at radius 2 is 2.12 bits per heavy atom. The van der Waals surface area contributed by atoms with Gasteiger partial charge in [-0.05, 0) is 43.6 Å². The molecule has 1 heterocycles. The normalized spacial score (nSPS) is 14.9. The first kappa shape index (κ1) is 12.2. The van der Waals surface area contributed by atoms with Crippen molar-refractivity contribution in [3.8, 4) is 11.5 Å². The molecule has 1 aliphatic rings. The van der Waals surface area contributed by atoms with E-state index in [-0.39, 0.29) is 6.79 Å². The lowest BCUT2D eigenvalue weighted by atomic mass is 10.1. The van der Waals surface area contributed by atoms with Gasteiger partial charge in [0.05, 0.1) is 6.10 Å². The van der Waals surface area contributed by atoms with Gasteiger partial charge in [-0.15, -0.1) is 0 Å². The van der Waals surface area contributed by atoms with Gasteiger partial charge in [0.25, 0.3) is 0 Å². The summed E-state index contributed by atoms with van der Waals surface area (Å²) in [6.45, 7) is 4.21. The van der Waals surface area contributed by atoms with Gasteiger partial charge >= 0.3 is 0 Å². The fourth-order valence-corrected chi connectivity index (χ4v) is 1.83. The van der Waals surface area contributed by atoms with Crippen LogP contribution in [0.25, 0.3) is 0 Å². The van der Waals surface area contributed by atoms with Crippen LogP contribution in [0.2, 0.25) is 0 Å². The lowest BCUT2D eigenvalue weighted by molar-refractivity contribution is 0.165. The summed E-state index contributed by atoms with van der Waals surface area (Å²) in [6.07, 6.45) is 1.37. The Morgan fingerprint density at radius 3 is 2.94 bits per heavy atom. The predicted molar refractivity (Wildman–Crippen MR) is 65.3 cm³/mol. The van der Waals surface area contributed by atoms with Gasteiger partial charge in [-0.2, -0.15) is 0 Å². The molecule has 1 atom stereocenters. The minimum atomic E-state index is -0.450. The van der Waals surface area contributed by atoms with Gasteiger partial charge < -0.3 is 19.9 Å². The van der Waals surface area contributed by atoms with Gasteiger partial charge in [0.2, 0.25) is 6.79 Å². The number of hydrogen-bond acceptors (Lipinski definition) is 4. The van der Waals surface area contributed by atoms with E-state index in [1.165, 1.54) is 0 Å². The highest BCUT2D eigenvalue weighted by atomic mass is 16.7. The molecule has 2 N–H and O–H groups in total. The van der Waals surface area contributed by atoms with Crippen LogP contribution in [0.1, 0.15) is 31.4 Å². The number of fused-ring (bicyclic) bond motifs is 1. The molecule has 0 fully saturated rings. The van der Waals surface area contributed by atoms with Gasteiger partial charge in [0, 0.05) is 0 Å². The topological polar surface area (TPSA) is 50.7 Å². The van der Waals surface area contributed by atoms with E-state index in [2.05, 4.69) is 12.2 Å². The molecule has 0 bridgehead atoms. The van der Waals surface area contributed by atoms with Crippen LogP contribution >= 0.6 is 0 Å². The predicted octanol–water partition coefficient (Wildman–Crippen LogP) is 1.84. The van der Waals surface area contributed by atoms with Crippen molar-refractivity contribution in [3.63, 3.8) is 0 Å². The van der Waals surface area contributed by atoms with Crippen molar-refractivity contribution < 1.29 is 14.6 Å². The van der Waals surface area contributed by atoms with Crippen LogP contribution in [0.15, 0.2) is 18.2 Å². The Hall–Kier alpha value is -1.26. The zero-order chi connectivity index (χ0) is 12.1. The summed E-state index contributed by atoms with van der Waals surface area (Å²) in [4.78, 5) is 0. The second-order valence-electron chi connectivity index (χ2n) is 4.17. The number of ether oxygens (including phenoxy) is 2. The fourth-order valence-electron chi connectivity index (χ4n) is 1.83. The molecule has 0 amide bonds. The summed E-state index contributed by atoms with van der Waals surface area (Å²) in [5.41, 5.74) is 0.882. The molecule has 4 nitrogen and oxygen atoms in total. The average molecular weight is 237 g/mol. The third-order valence-corrected chi connectivity index (χ3v) is 2.80. The lowest BCUT2D eigenvalue weighted by Gasteiger charge is -2.12. The molecule has 1 unspecified atom stereocenters. The Balaban J connectivity index is 1.88. The molecule has 0 radical (unpaired) electrons. The minimum Gasteiger partial charge on any atom is -0.454 e. The highest BCUT2D eigenvalue weighted by molar-refractivity contribution is 5.45. The number of aliphatic hydroxyl groups excluding tert-OH is 1. The molecule has 0 aliphatic carbocycles. The maximum absolute atomic E-state index is 10.0. The van der Waals surface area contributed by atoms with Crippen molar-refractivity contribution in [1.29, 1.82) is 0 Å². The molecule has 0 spiro atoms. The van der Waals surface area contributed by atoms with Crippen molar-refractivity contribution in [2.24, 2.45) is 0 Å². The third-order valence-electron chi connectivity index (χ3n) is 2.80. The first-order valence-corrected chi connectivity index (χ1v) is 6.09. The zero-order valence-corrected chi connectivity index (χ0v) is 10.1. The summed E-state index contributed by atoms with van der Waals surface area (Å²) >= 11 is 0. The highest BCUT2D eigenvalue weighted by Crippen LogP contribution is 2.34. The van der Waals surface area contributed by atoms with Gasteiger partial charge in [0.1, 0.15) is 0 Å². The van der Waals surface area contributed by atoms with Crippen LogP contribution in [-0.4, -0.2) is 25.0 Å². The average Bonchev–Trinajstić information content (AvgIpc) is 2.81. The summed E-state index contributed by atoms with van der Waals surface area (Å²) in [6, 6.07) is 5.59. The van der Waals surface area contributed by atoms with Crippen LogP contribution in [0.5, 0.6) is 11.5 Å². The maximum atomic E-state index is 10.0. The minimum absolute atomic E-state index is 0.271. The number of rotatable bonds is 6. The molecule has 4 heteroatoms. The molecule has 0 saturated heterocycles. The van der Waals surface area contributed by atoms with Gasteiger partial charge in [0.15, 0.2) is 11.5 Å². The summed E-state index contributed by atoms with van der Waals surface area (Å²) in [7, 11) is 0. The van der Waals surface area contributed by atoms with Gasteiger partial charge in [-0.1, -0.05) is 13.0 Å². The van der Waals surface area contributed by atoms with E-state index in [1.54, 1.807) is 0 Å². The standard InChI is InChI=1S/C13H19NO3/c1-2-6-14-7-5-11(15)10-3-4-12-13(8-10)17-9-16-12/h3-4,8,11,14-15H,2,5-7,9H2,1H3. The maximum Gasteiger partial charge on any atom is 0.231 e. The fraction of sp³-hybridized carbons (Fsp3) is 0.538. The monoisotopic (exact) mass is 237 g/mol. The molecular weight excluding hydrogens is 218 g/mol. The van der Waals surface area contributed by atoms with Crippen molar-refractivity contribution in [2.45, 2.75) is 25.9 Å². The number of hydrogen-bond donors (Lipinski definition) is 2. The molecule has 1 aromatic rings. The van der Waals surface area contributed by atoms with Gasteiger partial charge in [-0.25, -0.2) is 0 Å². The van der Waals surface area contributed by atoms with E-state index in [9.17, 15) is 5.11 Å². The van der Waals surface area contributed by atoms with Crippen LogP contribution in [-0.2, 0) is 0 Å². The summed E-state index contributed by atoms with van der Waals surface area (Å²) in [5.74, 6) is 1.48. The highest BCUT2D eigenvalue weighted by Gasteiger charge is 2.16. The van der Waals surface area contributed by atoms with Crippen LogP contribution in [0.3, 0.4) is 0 Å². The number of aliphatic hydroxyl groups is 1. The molecule has 0 aromatic heterocycles. The Bertz CT molecular complexity index is 368. The Labute approximate surface area is 102 Å². The Kier molecular flexibility index (Phi) is 4.23. The molecule has 17 heavy (non-hydrogen) atoms. The molecule has 2 rings (SSSR count). The van der Waals surface area contributed by atoms with Crippen molar-refractivity contribution in [2.75, 3.05) is 19.9 Å². The largest absolute Gasteiger partial charge is 0.454 e. The number of benzene rings is 1. The van der Waals surface area contributed by atoms with Crippen LogP contribution in [0.4, 0.5) is 0 Å². The van der Waals surface area contributed by atoms with Crippen LogP contribution < -0.4 is 14.8 Å². The summed E-state index contributed by atoms with van der Waals surface area (Å²) < 4.78 is 10.5. The number of nitrogens with one attached hydrogen (secondary N) is 1. The second-order valence-corrected chi connectivity index (χ2v) is 4.17. The van der Waals surface area contributed by atoms with E-state index in [4.69, 9.17) is 9.47 Å². The Morgan fingerprint density at radius 1 is 1.29 bits per heavy atom. The van der Waals surface area contributed by atoms with E-state index in [1.807, 2.05) is 18.2 Å².